The smallest absolute Gasteiger partial charge is 0.303 e. The number of carbonyl (C=O) groups excluding carboxylic acids is 1. The molecule has 0 saturated heterocycles. The van der Waals surface area contributed by atoms with Gasteiger partial charge < -0.3 is 15.2 Å². The molecule has 2 aromatic carbocycles. The largest absolute Gasteiger partial charge is 0.489 e. The number of rotatable bonds is 9. The van der Waals surface area contributed by atoms with Gasteiger partial charge in [-0.1, -0.05) is 23.7 Å². The number of nitrogens with one attached hydrogen (secondary N) is 1. The van der Waals surface area contributed by atoms with Crippen LogP contribution in [0.1, 0.15) is 24.0 Å². The first kappa shape index (κ1) is 19.7. The van der Waals surface area contributed by atoms with Crippen LogP contribution in [0.25, 0.3) is 0 Å². The average Bonchev–Trinajstić information content (AvgIpc) is 2.60. The standard InChI is InChI=1S/C19H19ClFNO4/c20-15-3-6-17(26-12-13-1-4-16(21)5-2-13)14(11-15)9-10-22-18(23)7-8-19(24)25/h1-6,11H,7-10,12H2,(H,22,23)(H,24,25). The molecule has 2 rings (SSSR count). The number of amides is 1. The van der Waals surface area contributed by atoms with Crippen LogP contribution in [0, 0.1) is 5.82 Å². The zero-order valence-electron chi connectivity index (χ0n) is 14.0. The summed E-state index contributed by atoms with van der Waals surface area (Å²) in [4.78, 5) is 22.0. The Kier molecular flexibility index (Phi) is 7.41. The Hall–Kier alpha value is -2.60. The Morgan fingerprint density at radius 2 is 1.85 bits per heavy atom. The molecule has 0 unspecified atom stereocenters. The number of carbonyl (C=O) groups is 2. The van der Waals surface area contributed by atoms with Gasteiger partial charge >= 0.3 is 5.97 Å². The summed E-state index contributed by atoms with van der Waals surface area (Å²) in [6.45, 7) is 0.617. The van der Waals surface area contributed by atoms with E-state index in [1.54, 1.807) is 30.3 Å². The second-order valence-corrected chi connectivity index (χ2v) is 6.10. The minimum Gasteiger partial charge on any atom is -0.489 e. The van der Waals surface area contributed by atoms with E-state index in [4.69, 9.17) is 21.4 Å². The Morgan fingerprint density at radius 3 is 2.54 bits per heavy atom. The van der Waals surface area contributed by atoms with Crippen molar-refractivity contribution in [2.24, 2.45) is 0 Å². The van der Waals surface area contributed by atoms with E-state index >= 15 is 0 Å². The van der Waals surface area contributed by atoms with Crippen molar-refractivity contribution in [2.75, 3.05) is 6.54 Å². The SMILES string of the molecule is O=C(O)CCC(=O)NCCc1cc(Cl)ccc1OCc1ccc(F)cc1. The molecule has 0 bridgehead atoms. The van der Waals surface area contributed by atoms with Crippen LogP contribution in [0.2, 0.25) is 5.02 Å². The molecule has 7 heteroatoms. The molecule has 0 radical (unpaired) electrons. The maximum absolute atomic E-state index is 12.9. The molecule has 0 aliphatic heterocycles. The van der Waals surface area contributed by atoms with Crippen LogP contribution in [0.5, 0.6) is 5.75 Å². The van der Waals surface area contributed by atoms with Crippen molar-refractivity contribution >= 4 is 23.5 Å². The molecule has 0 spiro atoms. The third-order valence-corrected chi connectivity index (χ3v) is 3.85. The highest BCUT2D eigenvalue weighted by atomic mass is 35.5. The van der Waals surface area contributed by atoms with Gasteiger partial charge in [-0.3, -0.25) is 9.59 Å². The van der Waals surface area contributed by atoms with E-state index in [0.29, 0.717) is 23.7 Å². The minimum absolute atomic E-state index is 0.0567. The van der Waals surface area contributed by atoms with E-state index in [1.165, 1.54) is 12.1 Å². The van der Waals surface area contributed by atoms with Crippen LogP contribution >= 0.6 is 11.6 Å². The highest BCUT2D eigenvalue weighted by Gasteiger charge is 2.08. The van der Waals surface area contributed by atoms with Crippen LogP contribution < -0.4 is 10.1 Å². The summed E-state index contributed by atoms with van der Waals surface area (Å²) in [6, 6.07) is 11.2. The fourth-order valence-electron chi connectivity index (χ4n) is 2.27. The van der Waals surface area contributed by atoms with Crippen LogP contribution in [0.4, 0.5) is 4.39 Å². The predicted octanol–water partition coefficient (Wildman–Crippen LogP) is 3.58. The monoisotopic (exact) mass is 379 g/mol. The Balaban J connectivity index is 1.91. The quantitative estimate of drug-likeness (QED) is 0.698. The fourth-order valence-corrected chi connectivity index (χ4v) is 2.47. The number of carboxylic acids is 1. The highest BCUT2D eigenvalue weighted by molar-refractivity contribution is 6.30. The normalized spacial score (nSPS) is 10.4. The number of aliphatic carboxylic acids is 1. The van der Waals surface area contributed by atoms with Crippen LogP contribution in [-0.2, 0) is 22.6 Å². The molecule has 0 fully saturated rings. The second-order valence-electron chi connectivity index (χ2n) is 5.66. The topological polar surface area (TPSA) is 75.6 Å². The van der Waals surface area contributed by atoms with Crippen molar-refractivity contribution in [2.45, 2.75) is 25.9 Å². The number of ether oxygens (including phenoxy) is 1. The zero-order valence-corrected chi connectivity index (χ0v) is 14.8. The molecule has 1 amide bonds. The molecule has 0 aliphatic rings. The lowest BCUT2D eigenvalue weighted by Crippen LogP contribution is -2.26. The van der Waals surface area contributed by atoms with Crippen molar-refractivity contribution in [3.05, 3.63) is 64.4 Å². The Labute approximate surface area is 155 Å². The van der Waals surface area contributed by atoms with Gasteiger partial charge in [-0.05, 0) is 47.9 Å². The third-order valence-electron chi connectivity index (χ3n) is 3.61. The van der Waals surface area contributed by atoms with Gasteiger partial charge in [0.2, 0.25) is 5.91 Å². The van der Waals surface area contributed by atoms with E-state index in [2.05, 4.69) is 5.32 Å². The predicted molar refractivity (Wildman–Crippen MR) is 95.8 cm³/mol. The van der Waals surface area contributed by atoms with Gasteiger partial charge in [0.1, 0.15) is 18.2 Å². The van der Waals surface area contributed by atoms with Gasteiger partial charge in [0.25, 0.3) is 0 Å². The zero-order chi connectivity index (χ0) is 18.9. The van der Waals surface area contributed by atoms with Gasteiger partial charge in [-0.25, -0.2) is 4.39 Å². The van der Waals surface area contributed by atoms with Crippen LogP contribution in [0.15, 0.2) is 42.5 Å². The van der Waals surface area contributed by atoms with E-state index in [-0.39, 0.29) is 31.2 Å². The molecule has 5 nitrogen and oxygen atoms in total. The van der Waals surface area contributed by atoms with Crippen LogP contribution in [-0.4, -0.2) is 23.5 Å². The van der Waals surface area contributed by atoms with Crippen molar-refractivity contribution < 1.29 is 23.8 Å². The Morgan fingerprint density at radius 1 is 1.12 bits per heavy atom. The molecule has 0 aromatic heterocycles. The molecular formula is C19H19ClFNO4. The van der Waals surface area contributed by atoms with E-state index < -0.39 is 5.97 Å². The summed E-state index contributed by atoms with van der Waals surface area (Å²) in [5, 5.41) is 11.8. The van der Waals surface area contributed by atoms with E-state index in [1.807, 2.05) is 0 Å². The van der Waals surface area contributed by atoms with Crippen molar-refractivity contribution in [1.82, 2.24) is 5.32 Å². The number of hydrogen-bond donors (Lipinski definition) is 2. The molecule has 0 atom stereocenters. The molecule has 2 aromatic rings. The van der Waals surface area contributed by atoms with Crippen molar-refractivity contribution in [3.63, 3.8) is 0 Å². The van der Waals surface area contributed by atoms with Crippen LogP contribution in [0.3, 0.4) is 0 Å². The molecular weight excluding hydrogens is 361 g/mol. The number of halogens is 2. The summed E-state index contributed by atoms with van der Waals surface area (Å²) < 4.78 is 18.7. The van der Waals surface area contributed by atoms with E-state index in [9.17, 15) is 14.0 Å². The lowest BCUT2D eigenvalue weighted by atomic mass is 10.1. The van der Waals surface area contributed by atoms with Gasteiger partial charge in [-0.2, -0.15) is 0 Å². The molecule has 26 heavy (non-hydrogen) atoms. The number of hydrogen-bond acceptors (Lipinski definition) is 3. The third kappa shape index (κ3) is 6.72. The summed E-state index contributed by atoms with van der Waals surface area (Å²) in [5.74, 6) is -1.01. The maximum Gasteiger partial charge on any atom is 0.303 e. The summed E-state index contributed by atoms with van der Waals surface area (Å²) >= 11 is 6.03. The van der Waals surface area contributed by atoms with Gasteiger partial charge in [0, 0.05) is 18.0 Å². The fraction of sp³-hybridized carbons (Fsp3) is 0.263. The minimum atomic E-state index is -1.01. The van der Waals surface area contributed by atoms with E-state index in [0.717, 1.165) is 11.1 Å². The molecule has 2 N–H and O–H groups in total. The summed E-state index contributed by atoms with van der Waals surface area (Å²) in [6.07, 6.45) is 0.228. The summed E-state index contributed by atoms with van der Waals surface area (Å²) in [5.41, 5.74) is 1.65. The van der Waals surface area contributed by atoms with Gasteiger partial charge in [0.15, 0.2) is 0 Å². The van der Waals surface area contributed by atoms with Crippen molar-refractivity contribution in [3.8, 4) is 5.75 Å². The first-order chi connectivity index (χ1) is 12.4. The van der Waals surface area contributed by atoms with Gasteiger partial charge in [-0.15, -0.1) is 0 Å². The first-order valence-electron chi connectivity index (χ1n) is 8.08. The van der Waals surface area contributed by atoms with Gasteiger partial charge in [0.05, 0.1) is 6.42 Å². The number of benzene rings is 2. The summed E-state index contributed by atoms with van der Waals surface area (Å²) in [7, 11) is 0. The maximum atomic E-state index is 12.9. The highest BCUT2D eigenvalue weighted by Crippen LogP contribution is 2.24. The number of carboxylic acid groups (broad SMARTS) is 1. The lowest BCUT2D eigenvalue weighted by molar-refractivity contribution is -0.138. The molecule has 0 heterocycles. The molecule has 0 aliphatic carbocycles. The average molecular weight is 380 g/mol. The second kappa shape index (κ2) is 9.77. The molecule has 0 saturated carbocycles. The lowest BCUT2D eigenvalue weighted by Gasteiger charge is -2.13. The van der Waals surface area contributed by atoms with Crippen molar-refractivity contribution in [1.29, 1.82) is 0 Å². The Bertz CT molecular complexity index is 765. The first-order valence-corrected chi connectivity index (χ1v) is 8.46. The molecule has 138 valence electrons.